The van der Waals surface area contributed by atoms with Gasteiger partial charge in [-0.2, -0.15) is 0 Å². The molecule has 3 unspecified atom stereocenters. The summed E-state index contributed by atoms with van der Waals surface area (Å²) >= 11 is 1.55. The van der Waals surface area contributed by atoms with Crippen LogP contribution in [0.4, 0.5) is 4.39 Å². The van der Waals surface area contributed by atoms with Gasteiger partial charge in [0, 0.05) is 24.6 Å². The molecule has 0 fully saturated rings. The third-order valence-corrected chi connectivity index (χ3v) is 6.24. The van der Waals surface area contributed by atoms with Crippen LogP contribution in [0.2, 0.25) is 0 Å². The van der Waals surface area contributed by atoms with Gasteiger partial charge in [0.2, 0.25) is 0 Å². The van der Waals surface area contributed by atoms with Crippen molar-refractivity contribution in [2.24, 2.45) is 0 Å². The molecular formula is C23H26FN3O2S. The number of nitrogens with one attached hydrogen (secondary N) is 3. The fourth-order valence-electron chi connectivity index (χ4n) is 3.93. The van der Waals surface area contributed by atoms with E-state index in [1.807, 2.05) is 43.5 Å². The SMILES string of the molecule is CSC1/C=C(/c2ccccc2C)[NH+]([O-])C(Cc2ccc(F)cc2)C2=C(NCNC2)O1. The molecule has 4 rings (SSSR count). The van der Waals surface area contributed by atoms with Crippen molar-refractivity contribution in [1.82, 2.24) is 10.6 Å². The molecule has 0 aromatic heterocycles. The van der Waals surface area contributed by atoms with Crippen LogP contribution in [-0.4, -0.2) is 30.9 Å². The van der Waals surface area contributed by atoms with Crippen LogP contribution in [0.1, 0.15) is 16.7 Å². The van der Waals surface area contributed by atoms with Crippen LogP contribution < -0.4 is 15.7 Å². The first-order valence-corrected chi connectivity index (χ1v) is 11.3. The minimum Gasteiger partial charge on any atom is -0.628 e. The average Bonchev–Trinajstić information content (AvgIpc) is 2.76. The Bertz CT molecular complexity index is 961. The van der Waals surface area contributed by atoms with Gasteiger partial charge >= 0.3 is 0 Å². The summed E-state index contributed by atoms with van der Waals surface area (Å²) in [5.74, 6) is 0.393. The van der Waals surface area contributed by atoms with Gasteiger partial charge in [0.25, 0.3) is 0 Å². The predicted molar refractivity (Wildman–Crippen MR) is 119 cm³/mol. The Morgan fingerprint density at radius 2 is 1.97 bits per heavy atom. The summed E-state index contributed by atoms with van der Waals surface area (Å²) in [6.07, 6.45) is 4.39. The molecule has 3 atom stereocenters. The number of thioether (sulfide) groups is 1. The Morgan fingerprint density at radius 3 is 2.70 bits per heavy atom. The lowest BCUT2D eigenvalue weighted by atomic mass is 9.95. The molecule has 2 aromatic carbocycles. The maximum Gasteiger partial charge on any atom is 0.195 e. The Kier molecular flexibility index (Phi) is 6.43. The molecule has 3 N–H and O–H groups in total. The molecular weight excluding hydrogens is 401 g/mol. The minimum absolute atomic E-state index is 0.0639. The molecule has 30 heavy (non-hydrogen) atoms. The van der Waals surface area contributed by atoms with Crippen molar-refractivity contribution < 1.29 is 14.2 Å². The molecule has 2 aliphatic heterocycles. The van der Waals surface area contributed by atoms with E-state index in [0.717, 1.165) is 22.3 Å². The molecule has 0 saturated heterocycles. The topological polar surface area (TPSA) is 60.8 Å². The number of rotatable bonds is 4. The quantitative estimate of drug-likeness (QED) is 0.655. The molecule has 0 saturated carbocycles. The Morgan fingerprint density at radius 1 is 1.20 bits per heavy atom. The highest BCUT2D eigenvalue weighted by molar-refractivity contribution is 7.99. The number of halogens is 1. The van der Waals surface area contributed by atoms with E-state index < -0.39 is 6.04 Å². The van der Waals surface area contributed by atoms with E-state index in [9.17, 15) is 9.60 Å². The Balaban J connectivity index is 1.79. The number of benzene rings is 2. The zero-order valence-corrected chi connectivity index (χ0v) is 17.9. The van der Waals surface area contributed by atoms with Gasteiger partial charge in [0.05, 0.1) is 12.2 Å². The fraction of sp³-hybridized carbons (Fsp3) is 0.304. The van der Waals surface area contributed by atoms with Crippen LogP contribution in [0.25, 0.3) is 5.70 Å². The molecule has 0 radical (unpaired) electrons. The zero-order chi connectivity index (χ0) is 21.1. The van der Waals surface area contributed by atoms with Crippen LogP contribution in [0.3, 0.4) is 0 Å². The monoisotopic (exact) mass is 427 g/mol. The first-order chi connectivity index (χ1) is 14.6. The number of hydrogen-bond acceptors (Lipinski definition) is 5. The standard InChI is InChI=1S/C23H26FN3O2S/c1-15-5-3-4-6-18(15)21-12-22(30-2)29-23-19(13-25-14-26-23)20(27(21)28)11-16-7-9-17(24)10-8-16/h3-10,12,20,22,25-27H,11,13-14H2,1-2H3/b21-12-. The first-order valence-electron chi connectivity index (χ1n) is 10.0. The van der Waals surface area contributed by atoms with Gasteiger partial charge < -0.3 is 20.3 Å². The molecule has 0 spiro atoms. The summed E-state index contributed by atoms with van der Waals surface area (Å²) in [5.41, 5.74) is 4.21. The van der Waals surface area contributed by atoms with Crippen LogP contribution in [0.15, 0.2) is 66.1 Å². The predicted octanol–water partition coefficient (Wildman–Crippen LogP) is 2.55. The largest absolute Gasteiger partial charge is 0.628 e. The molecule has 2 aromatic rings. The van der Waals surface area contributed by atoms with Crippen molar-refractivity contribution in [3.63, 3.8) is 0 Å². The molecule has 7 heteroatoms. The van der Waals surface area contributed by atoms with Gasteiger partial charge in [0.15, 0.2) is 11.3 Å². The van der Waals surface area contributed by atoms with Crippen molar-refractivity contribution >= 4 is 17.5 Å². The van der Waals surface area contributed by atoms with Gasteiger partial charge in [-0.3, -0.25) is 5.32 Å². The zero-order valence-electron chi connectivity index (χ0n) is 17.1. The highest BCUT2D eigenvalue weighted by Gasteiger charge is 2.34. The molecule has 2 heterocycles. The normalized spacial score (nSPS) is 25.9. The second-order valence-corrected chi connectivity index (χ2v) is 8.44. The number of ether oxygens (including phenoxy) is 1. The van der Waals surface area contributed by atoms with Gasteiger partial charge in [-0.05, 0) is 42.5 Å². The number of aryl methyl sites for hydroxylation is 1. The number of hydrogen-bond donors (Lipinski definition) is 3. The minimum atomic E-state index is -0.403. The fourth-order valence-corrected chi connectivity index (χ4v) is 4.40. The summed E-state index contributed by atoms with van der Waals surface area (Å²) in [7, 11) is 0. The van der Waals surface area contributed by atoms with Crippen molar-refractivity contribution in [1.29, 1.82) is 0 Å². The van der Waals surface area contributed by atoms with E-state index in [0.29, 0.717) is 31.2 Å². The van der Waals surface area contributed by atoms with Crippen molar-refractivity contribution in [3.8, 4) is 0 Å². The van der Waals surface area contributed by atoms with E-state index in [2.05, 4.69) is 10.6 Å². The van der Waals surface area contributed by atoms with Gasteiger partial charge in [-0.15, -0.1) is 11.8 Å². The van der Waals surface area contributed by atoms with Crippen LogP contribution in [0.5, 0.6) is 0 Å². The molecule has 0 aliphatic carbocycles. The van der Waals surface area contributed by atoms with Gasteiger partial charge in [-0.1, -0.05) is 30.3 Å². The lowest BCUT2D eigenvalue weighted by Crippen LogP contribution is -3.09. The summed E-state index contributed by atoms with van der Waals surface area (Å²) in [5, 5.41) is 20.6. The highest BCUT2D eigenvalue weighted by Crippen LogP contribution is 2.26. The second-order valence-electron chi connectivity index (χ2n) is 7.50. The lowest BCUT2D eigenvalue weighted by molar-refractivity contribution is -0.793. The highest BCUT2D eigenvalue weighted by atomic mass is 32.2. The maximum absolute atomic E-state index is 13.9. The van der Waals surface area contributed by atoms with Crippen LogP contribution in [0, 0.1) is 17.9 Å². The van der Waals surface area contributed by atoms with E-state index in [-0.39, 0.29) is 16.3 Å². The number of quaternary nitrogens is 1. The van der Waals surface area contributed by atoms with Crippen LogP contribution in [-0.2, 0) is 11.2 Å². The summed E-state index contributed by atoms with van der Waals surface area (Å²) in [6.45, 7) is 3.18. The molecule has 0 bridgehead atoms. The smallest absolute Gasteiger partial charge is 0.195 e. The van der Waals surface area contributed by atoms with Crippen LogP contribution >= 0.6 is 11.8 Å². The van der Waals surface area contributed by atoms with E-state index in [1.165, 1.54) is 12.1 Å². The molecule has 0 amide bonds. The van der Waals surface area contributed by atoms with Crippen molar-refractivity contribution in [2.75, 3.05) is 19.5 Å². The van der Waals surface area contributed by atoms with Crippen molar-refractivity contribution in [2.45, 2.75) is 24.8 Å². The first kappa shape index (κ1) is 20.9. The molecule has 158 valence electrons. The summed E-state index contributed by atoms with van der Waals surface area (Å²) in [4.78, 5) is 0. The third kappa shape index (κ3) is 4.39. The molecule has 5 nitrogen and oxygen atoms in total. The number of hydroxylamine groups is 2. The maximum atomic E-state index is 13.9. The Hall–Kier alpha value is -2.32. The third-order valence-electron chi connectivity index (χ3n) is 5.54. The van der Waals surface area contributed by atoms with E-state index >= 15 is 0 Å². The van der Waals surface area contributed by atoms with E-state index in [1.54, 1.807) is 23.9 Å². The summed E-state index contributed by atoms with van der Waals surface area (Å²) in [6, 6.07) is 13.9. The second kappa shape index (κ2) is 9.22. The summed E-state index contributed by atoms with van der Waals surface area (Å²) < 4.78 is 19.7. The average molecular weight is 428 g/mol. The van der Waals surface area contributed by atoms with E-state index in [4.69, 9.17) is 4.74 Å². The lowest BCUT2D eigenvalue weighted by Gasteiger charge is -2.39. The van der Waals surface area contributed by atoms with Crippen molar-refractivity contribution in [3.05, 3.63) is 93.8 Å². The van der Waals surface area contributed by atoms with Gasteiger partial charge in [0.1, 0.15) is 17.6 Å². The van der Waals surface area contributed by atoms with Gasteiger partial charge in [-0.25, -0.2) is 4.39 Å². The Labute approximate surface area is 180 Å². The molecule has 2 aliphatic rings.